The molecule has 0 saturated carbocycles. The number of carbonyl (C=O) groups excluding carboxylic acids is 1. The van der Waals surface area contributed by atoms with Crippen LogP contribution in [0, 0.1) is 0 Å². The molecule has 0 rings (SSSR count). The Morgan fingerprint density at radius 1 is 0.848 bits per heavy atom. The van der Waals surface area contributed by atoms with Crippen LogP contribution < -0.4 is 29.6 Å². The van der Waals surface area contributed by atoms with Gasteiger partial charge in [-0.25, -0.2) is 0 Å². The van der Waals surface area contributed by atoms with Gasteiger partial charge in [-0.1, -0.05) is 64.7 Å². The molecule has 0 saturated heterocycles. The van der Waals surface area contributed by atoms with Crippen LogP contribution >= 0.6 is 0 Å². The number of hydrogen-bond acceptors (Lipinski definition) is 10. The number of aliphatic hydroxyl groups excluding tert-OH is 6. The maximum absolute atomic E-state index is 11.9. The summed E-state index contributed by atoms with van der Waals surface area (Å²) < 4.78 is 28.7. The van der Waals surface area contributed by atoms with E-state index in [0.29, 0.717) is 6.42 Å². The minimum absolute atomic E-state index is 0. The van der Waals surface area contributed by atoms with Gasteiger partial charge in [0, 0.05) is 0 Å². The van der Waals surface area contributed by atoms with Crippen molar-refractivity contribution in [3.63, 3.8) is 0 Å². The number of carbonyl (C=O) groups is 1. The Morgan fingerprint density at radius 2 is 1.33 bits per heavy atom. The van der Waals surface area contributed by atoms with E-state index in [4.69, 9.17) is 9.29 Å². The minimum Gasteiger partial charge on any atom is -1.00 e. The first-order valence-corrected chi connectivity index (χ1v) is 13.1. The molecule has 0 aromatic carbocycles. The van der Waals surface area contributed by atoms with Crippen molar-refractivity contribution in [1.82, 2.24) is 0 Å². The number of hydrogen-bond donors (Lipinski definition) is 6. The van der Waals surface area contributed by atoms with Crippen LogP contribution in [-0.4, -0.2) is 94.3 Å². The largest absolute Gasteiger partial charge is 1.00 e. The van der Waals surface area contributed by atoms with Crippen molar-refractivity contribution in [3.05, 3.63) is 0 Å². The summed E-state index contributed by atoms with van der Waals surface area (Å²) in [5, 5.41) is 56.7. The molecule has 1 unspecified atom stereocenters. The van der Waals surface area contributed by atoms with Crippen LogP contribution in [0.5, 0.6) is 0 Å². The molecule has 0 bridgehead atoms. The van der Waals surface area contributed by atoms with Crippen molar-refractivity contribution < 1.29 is 79.0 Å². The second kappa shape index (κ2) is 20.5. The molecule has 0 heterocycles. The number of unbranched alkanes of at least 4 members (excludes halogenated alkanes) is 9. The van der Waals surface area contributed by atoms with Gasteiger partial charge >= 0.3 is 29.6 Å². The van der Waals surface area contributed by atoms with Crippen LogP contribution in [0.25, 0.3) is 0 Å². The van der Waals surface area contributed by atoms with E-state index in [-0.39, 0.29) is 37.6 Å². The Morgan fingerprint density at radius 3 is 1.82 bits per heavy atom. The normalized spacial score (nSPS) is 16.5. The molecule has 0 amide bonds. The molecule has 33 heavy (non-hydrogen) atoms. The second-order valence-corrected chi connectivity index (χ2v) is 9.91. The van der Waals surface area contributed by atoms with Crippen molar-refractivity contribution in [2.75, 3.05) is 19.0 Å². The van der Waals surface area contributed by atoms with Gasteiger partial charge in [-0.05, 0) is 12.8 Å². The van der Waals surface area contributed by atoms with E-state index in [1.807, 2.05) is 0 Å². The SMILES string of the molecule is CCCCCCCCCCCCOS(=O)(=O)CCC(O)C(=O)[C@H](O)[C@@H](O)[C@H](O)[C@H](O)CO.[H-].[Na+]. The fraction of sp³-hybridized carbons (Fsp3) is 0.952. The minimum atomic E-state index is -3.98. The summed E-state index contributed by atoms with van der Waals surface area (Å²) in [5.41, 5.74) is 0. The molecule has 0 aliphatic rings. The fourth-order valence-corrected chi connectivity index (χ4v) is 4.12. The summed E-state index contributed by atoms with van der Waals surface area (Å²) in [6.07, 6.45) is 0.197. The van der Waals surface area contributed by atoms with Gasteiger partial charge in [-0.2, -0.15) is 8.42 Å². The number of Topliss-reactive ketones (excluding diaryl/α,β-unsaturated/α-hetero) is 1. The first-order chi connectivity index (χ1) is 15.1. The quantitative estimate of drug-likeness (QED) is 0.0533. The maximum atomic E-state index is 11.9. The van der Waals surface area contributed by atoms with Crippen LogP contribution in [0.15, 0.2) is 0 Å². The first kappa shape index (κ1) is 35.5. The van der Waals surface area contributed by atoms with Crippen molar-refractivity contribution in [3.8, 4) is 0 Å². The number of ketones is 1. The van der Waals surface area contributed by atoms with Crippen molar-refractivity contribution in [1.29, 1.82) is 0 Å². The summed E-state index contributed by atoms with van der Waals surface area (Å²) >= 11 is 0. The molecule has 0 aromatic rings. The predicted molar refractivity (Wildman–Crippen MR) is 119 cm³/mol. The van der Waals surface area contributed by atoms with Crippen molar-refractivity contribution >= 4 is 15.9 Å². The van der Waals surface area contributed by atoms with Gasteiger partial charge in [-0.15, -0.1) is 0 Å². The van der Waals surface area contributed by atoms with Crippen LogP contribution in [0.3, 0.4) is 0 Å². The zero-order valence-corrected chi connectivity index (χ0v) is 22.8. The first-order valence-electron chi connectivity index (χ1n) is 11.5. The Labute approximate surface area is 221 Å². The predicted octanol–water partition coefficient (Wildman–Crippen LogP) is -2.87. The molecule has 0 radical (unpaired) electrons. The smallest absolute Gasteiger partial charge is 1.00 e. The van der Waals surface area contributed by atoms with E-state index in [2.05, 4.69) is 6.92 Å². The standard InChI is InChI=1S/C21H42O10S.Na.H/c1-2-3-4-5-6-7-8-9-10-11-13-31-32(29,30)14-12-16(23)18(25)20(27)21(28)19(26)17(24)15-22;;/h16-17,19-24,26-28H,2-15H2,1H3;;/q;+1;-1/t16?,17-,19-,20+,21+;;/m1../s1. The average molecular weight is 511 g/mol. The van der Waals surface area contributed by atoms with Crippen molar-refractivity contribution in [2.45, 2.75) is 108 Å². The van der Waals surface area contributed by atoms with E-state index in [9.17, 15) is 38.7 Å². The number of aliphatic hydroxyl groups is 6. The van der Waals surface area contributed by atoms with Gasteiger partial charge in [0.05, 0.1) is 19.0 Å². The van der Waals surface area contributed by atoms with E-state index < -0.39 is 65.2 Å². The third-order valence-corrected chi connectivity index (χ3v) is 6.54. The second-order valence-electron chi connectivity index (χ2n) is 8.15. The van der Waals surface area contributed by atoms with E-state index in [1.54, 1.807) is 0 Å². The van der Waals surface area contributed by atoms with Crippen LogP contribution in [0.4, 0.5) is 0 Å². The third kappa shape index (κ3) is 16.6. The zero-order chi connectivity index (χ0) is 24.6. The molecule has 0 fully saturated rings. The Kier molecular flexibility index (Phi) is 22.1. The molecule has 10 nitrogen and oxygen atoms in total. The molecule has 5 atom stereocenters. The van der Waals surface area contributed by atoms with Gasteiger partial charge in [0.2, 0.25) is 0 Å². The van der Waals surface area contributed by atoms with Gasteiger partial charge in [0.15, 0.2) is 5.78 Å². The Hall–Kier alpha value is 0.340. The van der Waals surface area contributed by atoms with Crippen LogP contribution in [0.2, 0.25) is 0 Å². The molecular weight excluding hydrogens is 467 g/mol. The molecule has 6 N–H and O–H groups in total. The van der Waals surface area contributed by atoms with E-state index in [1.165, 1.54) is 38.5 Å². The maximum Gasteiger partial charge on any atom is 1.00 e. The van der Waals surface area contributed by atoms with Crippen molar-refractivity contribution in [2.24, 2.45) is 0 Å². The van der Waals surface area contributed by atoms with Gasteiger partial charge in [0.1, 0.15) is 30.5 Å². The van der Waals surface area contributed by atoms with Gasteiger partial charge < -0.3 is 32.1 Å². The molecule has 0 spiro atoms. The molecule has 194 valence electrons. The summed E-state index contributed by atoms with van der Waals surface area (Å²) in [6, 6.07) is 0. The zero-order valence-electron chi connectivity index (χ0n) is 21.0. The summed E-state index contributed by atoms with van der Waals surface area (Å²) in [7, 11) is -3.98. The Bertz CT molecular complexity index is 596. The van der Waals surface area contributed by atoms with E-state index >= 15 is 0 Å². The molecular formula is C21H43NaO10S. The summed E-state index contributed by atoms with van der Waals surface area (Å²) in [5.74, 6) is -1.98. The average Bonchev–Trinajstić information content (AvgIpc) is 2.78. The summed E-state index contributed by atoms with van der Waals surface area (Å²) in [4.78, 5) is 11.9. The molecule has 0 aliphatic heterocycles. The summed E-state index contributed by atoms with van der Waals surface area (Å²) in [6.45, 7) is 1.27. The topological polar surface area (TPSA) is 182 Å². The fourth-order valence-electron chi connectivity index (χ4n) is 3.12. The molecule has 0 aromatic heterocycles. The van der Waals surface area contributed by atoms with Gasteiger partial charge in [0.25, 0.3) is 10.1 Å². The number of rotatable bonds is 21. The van der Waals surface area contributed by atoms with Crippen LogP contribution in [0.1, 0.15) is 79.0 Å². The monoisotopic (exact) mass is 510 g/mol. The van der Waals surface area contributed by atoms with E-state index in [0.717, 1.165) is 19.3 Å². The van der Waals surface area contributed by atoms with Crippen LogP contribution in [-0.2, 0) is 19.1 Å². The Balaban J connectivity index is -0.00000480. The third-order valence-electron chi connectivity index (χ3n) is 5.28. The van der Waals surface area contributed by atoms with Gasteiger partial charge in [-0.3, -0.25) is 8.98 Å². The molecule has 0 aliphatic carbocycles. The molecule has 12 heteroatoms.